The van der Waals surface area contributed by atoms with Crippen molar-refractivity contribution in [3.05, 3.63) is 55.6 Å². The van der Waals surface area contributed by atoms with Gasteiger partial charge in [-0.25, -0.2) is 4.79 Å². The number of nitrogens with one attached hydrogen (secondary N) is 1. The first-order valence-corrected chi connectivity index (χ1v) is 8.40. The number of nitrogens with zero attached hydrogens (tertiary/aromatic N) is 2. The Balaban J connectivity index is 1.78. The van der Waals surface area contributed by atoms with Crippen molar-refractivity contribution in [3.8, 4) is 11.7 Å². The van der Waals surface area contributed by atoms with Gasteiger partial charge in [-0.2, -0.15) is 4.68 Å². The number of hydrogen-bond donors (Lipinski definition) is 1. The van der Waals surface area contributed by atoms with Crippen molar-refractivity contribution in [1.29, 1.82) is 0 Å². The number of amides is 1. The second-order valence-electron chi connectivity index (χ2n) is 4.96. The van der Waals surface area contributed by atoms with Crippen LogP contribution in [0.5, 0.6) is 0 Å². The third-order valence-electron chi connectivity index (χ3n) is 3.08. The number of aromatic nitrogens is 2. The smallest absolute Gasteiger partial charge is 0.437 e. The summed E-state index contributed by atoms with van der Waals surface area (Å²) in [5.41, 5.74) is 1.61. The van der Waals surface area contributed by atoms with E-state index in [9.17, 15) is 9.59 Å². The number of benzene rings is 1. The molecule has 3 rings (SSSR count). The lowest BCUT2D eigenvalue weighted by Crippen LogP contribution is -2.26. The zero-order chi connectivity index (χ0) is 17.3. The maximum absolute atomic E-state index is 12.2. The standard InChI is InChI=1S/C15H11Br2N3O4/c1-8-5-9(16)13(10(17)6-8)18-12(21)7-20-15(22)24-14(19-20)11-3-2-4-23-11/h2-6H,7H2,1H3,(H,18,21). The number of carbonyl (C=O) groups is 1. The molecule has 0 saturated heterocycles. The second-order valence-corrected chi connectivity index (χ2v) is 6.67. The first-order chi connectivity index (χ1) is 11.4. The Hall–Kier alpha value is -2.13. The van der Waals surface area contributed by atoms with Crippen LogP contribution < -0.4 is 11.1 Å². The van der Waals surface area contributed by atoms with E-state index in [1.165, 1.54) is 6.26 Å². The third kappa shape index (κ3) is 3.51. The highest BCUT2D eigenvalue weighted by Crippen LogP contribution is 2.32. The van der Waals surface area contributed by atoms with Crippen LogP contribution in [0.1, 0.15) is 5.56 Å². The SMILES string of the molecule is Cc1cc(Br)c(NC(=O)Cn2nc(-c3ccco3)oc2=O)c(Br)c1. The van der Waals surface area contributed by atoms with Crippen LogP contribution >= 0.6 is 31.9 Å². The van der Waals surface area contributed by atoms with Crippen LogP contribution in [0.2, 0.25) is 0 Å². The monoisotopic (exact) mass is 455 g/mol. The Kier molecular flexibility index (Phi) is 4.72. The van der Waals surface area contributed by atoms with Crippen molar-refractivity contribution in [2.24, 2.45) is 0 Å². The fraction of sp³-hybridized carbons (Fsp3) is 0.133. The average Bonchev–Trinajstić information content (AvgIpc) is 3.13. The van der Waals surface area contributed by atoms with Gasteiger partial charge in [-0.15, -0.1) is 5.10 Å². The summed E-state index contributed by atoms with van der Waals surface area (Å²) < 4.78 is 12.5. The largest absolute Gasteiger partial charge is 0.459 e. The zero-order valence-corrected chi connectivity index (χ0v) is 15.5. The van der Waals surface area contributed by atoms with Crippen molar-refractivity contribution in [2.45, 2.75) is 13.5 Å². The van der Waals surface area contributed by atoms with E-state index >= 15 is 0 Å². The Morgan fingerprint density at radius 1 is 1.33 bits per heavy atom. The number of hydrogen-bond acceptors (Lipinski definition) is 5. The molecule has 0 unspecified atom stereocenters. The number of rotatable bonds is 4. The van der Waals surface area contributed by atoms with Crippen LogP contribution in [0, 0.1) is 6.92 Å². The molecular weight excluding hydrogens is 446 g/mol. The number of carbonyl (C=O) groups excluding carboxylic acids is 1. The van der Waals surface area contributed by atoms with Crippen LogP contribution in [-0.4, -0.2) is 15.7 Å². The highest BCUT2D eigenvalue weighted by atomic mass is 79.9. The van der Waals surface area contributed by atoms with E-state index in [2.05, 4.69) is 42.3 Å². The molecular formula is C15H11Br2N3O4. The molecule has 24 heavy (non-hydrogen) atoms. The van der Waals surface area contributed by atoms with Crippen molar-refractivity contribution in [1.82, 2.24) is 9.78 Å². The van der Waals surface area contributed by atoms with Crippen molar-refractivity contribution >= 4 is 43.5 Å². The van der Waals surface area contributed by atoms with Crippen molar-refractivity contribution < 1.29 is 13.6 Å². The Morgan fingerprint density at radius 3 is 2.67 bits per heavy atom. The van der Waals surface area contributed by atoms with Gasteiger partial charge < -0.3 is 14.2 Å². The lowest BCUT2D eigenvalue weighted by molar-refractivity contribution is -0.117. The summed E-state index contributed by atoms with van der Waals surface area (Å²) in [5.74, 6) is -0.814. The number of anilines is 1. The molecule has 1 amide bonds. The molecule has 2 heterocycles. The molecule has 124 valence electrons. The van der Waals surface area contributed by atoms with Crippen LogP contribution in [0.25, 0.3) is 11.7 Å². The normalized spacial score (nSPS) is 10.8. The van der Waals surface area contributed by atoms with Gasteiger partial charge in [-0.3, -0.25) is 4.79 Å². The zero-order valence-electron chi connectivity index (χ0n) is 12.4. The fourth-order valence-electron chi connectivity index (χ4n) is 2.04. The van der Waals surface area contributed by atoms with Gasteiger partial charge in [0.2, 0.25) is 5.91 Å². The van der Waals surface area contributed by atoms with Crippen LogP contribution in [0.15, 0.2) is 53.1 Å². The Morgan fingerprint density at radius 2 is 2.04 bits per heavy atom. The van der Waals surface area contributed by atoms with Gasteiger partial charge in [-0.05, 0) is 68.6 Å². The molecule has 0 saturated carbocycles. The summed E-state index contributed by atoms with van der Waals surface area (Å²) in [4.78, 5) is 24.0. The van der Waals surface area contributed by atoms with Gasteiger partial charge in [-0.1, -0.05) is 0 Å². The molecule has 9 heteroatoms. The number of furan rings is 1. The van der Waals surface area contributed by atoms with Gasteiger partial charge in [0, 0.05) is 8.95 Å². The molecule has 0 radical (unpaired) electrons. The summed E-state index contributed by atoms with van der Waals surface area (Å²) in [6.07, 6.45) is 1.44. The summed E-state index contributed by atoms with van der Waals surface area (Å²) in [5, 5.41) is 6.68. The highest BCUT2D eigenvalue weighted by molar-refractivity contribution is 9.11. The number of aryl methyl sites for hydroxylation is 1. The summed E-state index contributed by atoms with van der Waals surface area (Å²) in [6.45, 7) is 1.65. The van der Waals surface area contributed by atoms with Crippen LogP contribution in [0.3, 0.4) is 0 Å². The third-order valence-corrected chi connectivity index (χ3v) is 4.33. The van der Waals surface area contributed by atoms with Gasteiger partial charge in [0.25, 0.3) is 5.89 Å². The predicted molar refractivity (Wildman–Crippen MR) is 93.7 cm³/mol. The first-order valence-electron chi connectivity index (χ1n) is 6.81. The van der Waals surface area contributed by atoms with Gasteiger partial charge in [0.1, 0.15) is 6.54 Å². The summed E-state index contributed by atoms with van der Waals surface area (Å²) >= 11 is 6.79. The van der Waals surface area contributed by atoms with Crippen LogP contribution in [0.4, 0.5) is 5.69 Å². The molecule has 1 aromatic carbocycles. The van der Waals surface area contributed by atoms with E-state index in [1.54, 1.807) is 12.1 Å². The molecule has 7 nitrogen and oxygen atoms in total. The first kappa shape index (κ1) is 16.7. The van der Waals surface area contributed by atoms with Crippen LogP contribution in [-0.2, 0) is 11.3 Å². The maximum Gasteiger partial charge on any atom is 0.437 e. The topological polar surface area (TPSA) is 90.3 Å². The summed E-state index contributed by atoms with van der Waals surface area (Å²) in [6, 6.07) is 7.00. The summed E-state index contributed by atoms with van der Waals surface area (Å²) in [7, 11) is 0. The van der Waals surface area contributed by atoms with E-state index in [4.69, 9.17) is 8.83 Å². The van der Waals surface area contributed by atoms with Crippen molar-refractivity contribution in [2.75, 3.05) is 5.32 Å². The van der Waals surface area contributed by atoms with Gasteiger partial charge in [0.05, 0.1) is 12.0 Å². The lowest BCUT2D eigenvalue weighted by Gasteiger charge is -2.10. The molecule has 0 fully saturated rings. The fourth-order valence-corrected chi connectivity index (χ4v) is 3.65. The highest BCUT2D eigenvalue weighted by Gasteiger charge is 2.16. The lowest BCUT2D eigenvalue weighted by atomic mass is 10.2. The Labute approximate surface area is 152 Å². The molecule has 0 aliphatic carbocycles. The molecule has 0 aliphatic heterocycles. The molecule has 2 aromatic heterocycles. The van der Waals surface area contributed by atoms with E-state index < -0.39 is 11.7 Å². The van der Waals surface area contributed by atoms with E-state index in [-0.39, 0.29) is 12.4 Å². The van der Waals surface area contributed by atoms with E-state index in [1.807, 2.05) is 19.1 Å². The molecule has 1 N–H and O–H groups in total. The minimum atomic E-state index is -0.737. The molecule has 0 aliphatic rings. The van der Waals surface area contributed by atoms with Gasteiger partial charge in [0.15, 0.2) is 5.76 Å². The minimum absolute atomic E-state index is 0.0236. The van der Waals surface area contributed by atoms with Gasteiger partial charge >= 0.3 is 5.76 Å². The maximum atomic E-state index is 12.2. The van der Waals surface area contributed by atoms with E-state index in [0.29, 0.717) is 11.4 Å². The van der Waals surface area contributed by atoms with Crippen molar-refractivity contribution in [3.63, 3.8) is 0 Å². The minimum Gasteiger partial charge on any atom is -0.459 e. The number of halogens is 2. The van der Waals surface area contributed by atoms with E-state index in [0.717, 1.165) is 19.2 Å². The molecule has 0 atom stereocenters. The predicted octanol–water partition coefficient (Wildman–Crippen LogP) is 3.57. The molecule has 0 spiro atoms. The Bertz CT molecular complexity index is 921. The average molecular weight is 457 g/mol. The molecule has 0 bridgehead atoms. The quantitative estimate of drug-likeness (QED) is 0.648. The second kappa shape index (κ2) is 6.78. The molecule has 3 aromatic rings.